The molecule has 0 radical (unpaired) electrons. The number of carboxylic acid groups (broad SMARTS) is 1. The van der Waals surface area contributed by atoms with Crippen LogP contribution in [-0.2, 0) is 9.59 Å². The monoisotopic (exact) mass is 401 g/mol. The fraction of sp³-hybridized carbons (Fsp3) is 0.150. The molecule has 0 aliphatic heterocycles. The Hall–Kier alpha value is -3.26. The van der Waals surface area contributed by atoms with Gasteiger partial charge in [-0.15, -0.1) is 11.8 Å². The standard InChI is InChI=1S/C20H19NO6S/c1-26-17-7-6-13(10-18(17)27-2)16(22)12-28-15-5-3-4-14(11-15)21-19(23)8-9-20(24)25/h3-11H,12H2,1-2H3,(H,21,23)(H,24,25)/b9-8+. The van der Waals surface area contributed by atoms with E-state index in [0.717, 1.165) is 17.0 Å². The average molecular weight is 401 g/mol. The van der Waals surface area contributed by atoms with Crippen molar-refractivity contribution in [3.63, 3.8) is 0 Å². The molecule has 2 N–H and O–H groups in total. The summed E-state index contributed by atoms with van der Waals surface area (Å²) < 4.78 is 10.4. The maximum absolute atomic E-state index is 12.4. The first-order valence-electron chi connectivity index (χ1n) is 8.13. The van der Waals surface area contributed by atoms with E-state index in [0.29, 0.717) is 22.7 Å². The Morgan fingerprint density at radius 1 is 1.04 bits per heavy atom. The van der Waals surface area contributed by atoms with Gasteiger partial charge in [-0.1, -0.05) is 6.07 Å². The number of ether oxygens (including phenoxy) is 2. The fourth-order valence-corrected chi connectivity index (χ4v) is 3.09. The molecule has 0 spiro atoms. The van der Waals surface area contributed by atoms with Crippen molar-refractivity contribution in [3.05, 3.63) is 60.2 Å². The van der Waals surface area contributed by atoms with Gasteiger partial charge in [0.25, 0.3) is 0 Å². The maximum Gasteiger partial charge on any atom is 0.328 e. The predicted molar refractivity (Wildman–Crippen MR) is 106 cm³/mol. The van der Waals surface area contributed by atoms with Crippen molar-refractivity contribution in [3.8, 4) is 11.5 Å². The van der Waals surface area contributed by atoms with E-state index in [1.54, 1.807) is 36.4 Å². The molecule has 0 saturated heterocycles. The summed E-state index contributed by atoms with van der Waals surface area (Å²) in [4.78, 5) is 35.3. The molecule has 28 heavy (non-hydrogen) atoms. The van der Waals surface area contributed by atoms with Crippen molar-refractivity contribution in [1.82, 2.24) is 0 Å². The quantitative estimate of drug-likeness (QED) is 0.378. The molecule has 0 aliphatic carbocycles. The second kappa shape index (κ2) is 10.2. The number of amides is 1. The highest BCUT2D eigenvalue weighted by molar-refractivity contribution is 8.00. The summed E-state index contributed by atoms with van der Waals surface area (Å²) in [5.41, 5.74) is 1.01. The van der Waals surface area contributed by atoms with Crippen LogP contribution < -0.4 is 14.8 Å². The summed E-state index contributed by atoms with van der Waals surface area (Å²) in [6.45, 7) is 0. The van der Waals surface area contributed by atoms with Crippen molar-refractivity contribution in [1.29, 1.82) is 0 Å². The molecule has 8 heteroatoms. The van der Waals surface area contributed by atoms with E-state index in [-0.39, 0.29) is 11.5 Å². The van der Waals surface area contributed by atoms with Crippen molar-refractivity contribution in [2.24, 2.45) is 0 Å². The Labute approximate surface area is 166 Å². The van der Waals surface area contributed by atoms with E-state index < -0.39 is 11.9 Å². The number of carboxylic acids is 1. The summed E-state index contributed by atoms with van der Waals surface area (Å²) >= 11 is 1.32. The van der Waals surface area contributed by atoms with Crippen LogP contribution in [0.4, 0.5) is 5.69 Å². The molecule has 0 unspecified atom stereocenters. The van der Waals surface area contributed by atoms with Crippen molar-refractivity contribution < 1.29 is 29.0 Å². The molecule has 0 fully saturated rings. The molecule has 2 rings (SSSR count). The smallest absolute Gasteiger partial charge is 0.328 e. The third-order valence-electron chi connectivity index (χ3n) is 3.55. The van der Waals surface area contributed by atoms with Gasteiger partial charge in [-0.25, -0.2) is 4.79 Å². The van der Waals surface area contributed by atoms with Crippen LogP contribution in [0.25, 0.3) is 0 Å². The zero-order valence-electron chi connectivity index (χ0n) is 15.3. The van der Waals surface area contributed by atoms with Crippen LogP contribution in [0.2, 0.25) is 0 Å². The fourth-order valence-electron chi connectivity index (χ4n) is 2.24. The number of aliphatic carboxylic acids is 1. The number of Topliss-reactive ketones (excluding diaryl/α,β-unsaturated/α-hetero) is 1. The largest absolute Gasteiger partial charge is 0.493 e. The minimum Gasteiger partial charge on any atom is -0.493 e. The summed E-state index contributed by atoms with van der Waals surface area (Å²) in [5.74, 6) is -0.598. The Morgan fingerprint density at radius 2 is 1.79 bits per heavy atom. The van der Waals surface area contributed by atoms with Crippen LogP contribution in [0, 0.1) is 0 Å². The van der Waals surface area contributed by atoms with Gasteiger partial charge in [0.05, 0.1) is 20.0 Å². The van der Waals surface area contributed by atoms with E-state index in [2.05, 4.69) is 5.32 Å². The zero-order valence-corrected chi connectivity index (χ0v) is 16.1. The number of hydrogen-bond donors (Lipinski definition) is 2. The number of rotatable bonds is 9. The van der Waals surface area contributed by atoms with Gasteiger partial charge in [-0.2, -0.15) is 0 Å². The topological polar surface area (TPSA) is 102 Å². The van der Waals surface area contributed by atoms with Crippen LogP contribution in [0.15, 0.2) is 59.5 Å². The lowest BCUT2D eigenvalue weighted by Gasteiger charge is -2.09. The van der Waals surface area contributed by atoms with E-state index in [1.165, 1.54) is 26.0 Å². The zero-order chi connectivity index (χ0) is 20.5. The van der Waals surface area contributed by atoms with Gasteiger partial charge in [0.2, 0.25) is 5.91 Å². The van der Waals surface area contributed by atoms with Gasteiger partial charge in [-0.3, -0.25) is 9.59 Å². The Balaban J connectivity index is 2.00. The van der Waals surface area contributed by atoms with Crippen LogP contribution >= 0.6 is 11.8 Å². The van der Waals surface area contributed by atoms with E-state index in [4.69, 9.17) is 14.6 Å². The average Bonchev–Trinajstić information content (AvgIpc) is 2.70. The SMILES string of the molecule is COc1ccc(C(=O)CSc2cccc(NC(=O)/C=C/C(=O)O)c2)cc1OC. The van der Waals surface area contributed by atoms with Crippen LogP contribution in [0.3, 0.4) is 0 Å². The Morgan fingerprint density at radius 3 is 2.46 bits per heavy atom. The van der Waals surface area contributed by atoms with Gasteiger partial charge in [-0.05, 0) is 36.4 Å². The molecule has 0 atom stereocenters. The summed E-state index contributed by atoms with van der Waals surface area (Å²) in [6.07, 6.45) is 1.69. The third-order valence-corrected chi connectivity index (χ3v) is 4.55. The molecule has 0 aliphatic rings. The van der Waals surface area contributed by atoms with E-state index >= 15 is 0 Å². The number of ketones is 1. The molecule has 146 valence electrons. The third kappa shape index (κ3) is 6.17. The van der Waals surface area contributed by atoms with Gasteiger partial charge < -0.3 is 19.9 Å². The number of methoxy groups -OCH3 is 2. The molecular weight excluding hydrogens is 382 g/mol. The Bertz CT molecular complexity index is 909. The minimum absolute atomic E-state index is 0.0789. The lowest BCUT2D eigenvalue weighted by molar-refractivity contribution is -0.131. The van der Waals surface area contributed by atoms with Crippen LogP contribution in [-0.4, -0.2) is 42.7 Å². The number of carbonyl (C=O) groups excluding carboxylic acids is 2. The summed E-state index contributed by atoms with van der Waals surface area (Å²) in [7, 11) is 3.03. The van der Waals surface area contributed by atoms with Crippen molar-refractivity contribution in [2.45, 2.75) is 4.90 Å². The van der Waals surface area contributed by atoms with Crippen molar-refractivity contribution >= 4 is 35.1 Å². The van der Waals surface area contributed by atoms with E-state index in [9.17, 15) is 14.4 Å². The van der Waals surface area contributed by atoms with Gasteiger partial charge >= 0.3 is 5.97 Å². The first-order valence-corrected chi connectivity index (χ1v) is 9.11. The second-order valence-corrected chi connectivity index (χ2v) is 6.52. The maximum atomic E-state index is 12.4. The molecule has 2 aromatic rings. The number of anilines is 1. The molecule has 2 aromatic carbocycles. The first-order chi connectivity index (χ1) is 13.4. The number of thioether (sulfide) groups is 1. The normalized spacial score (nSPS) is 10.5. The molecule has 1 amide bonds. The van der Waals surface area contributed by atoms with E-state index in [1.807, 2.05) is 6.07 Å². The van der Waals surface area contributed by atoms with Gasteiger partial charge in [0.1, 0.15) is 0 Å². The van der Waals surface area contributed by atoms with Gasteiger partial charge in [0.15, 0.2) is 17.3 Å². The number of benzene rings is 2. The Kier molecular flexibility index (Phi) is 7.65. The number of hydrogen-bond acceptors (Lipinski definition) is 6. The number of nitrogens with one attached hydrogen (secondary N) is 1. The molecular formula is C20H19NO6S. The lowest BCUT2D eigenvalue weighted by Crippen LogP contribution is -2.08. The molecule has 0 saturated carbocycles. The number of carbonyl (C=O) groups is 3. The molecule has 0 heterocycles. The predicted octanol–water partition coefficient (Wildman–Crippen LogP) is 3.26. The molecule has 7 nitrogen and oxygen atoms in total. The highest BCUT2D eigenvalue weighted by Crippen LogP contribution is 2.29. The lowest BCUT2D eigenvalue weighted by atomic mass is 10.1. The van der Waals surface area contributed by atoms with Crippen LogP contribution in [0.1, 0.15) is 10.4 Å². The summed E-state index contributed by atoms with van der Waals surface area (Å²) in [5, 5.41) is 11.1. The van der Waals surface area contributed by atoms with Crippen molar-refractivity contribution in [2.75, 3.05) is 25.3 Å². The molecule has 0 bridgehead atoms. The second-order valence-electron chi connectivity index (χ2n) is 5.47. The highest BCUT2D eigenvalue weighted by atomic mass is 32.2. The van der Waals surface area contributed by atoms with Gasteiger partial charge in [0, 0.05) is 28.3 Å². The highest BCUT2D eigenvalue weighted by Gasteiger charge is 2.11. The molecule has 0 aromatic heterocycles. The summed E-state index contributed by atoms with van der Waals surface area (Å²) in [6, 6.07) is 11.9. The minimum atomic E-state index is -1.20. The first kappa shape index (κ1) is 21.0. The van der Waals surface area contributed by atoms with Crippen LogP contribution in [0.5, 0.6) is 11.5 Å².